The molecule has 0 saturated carbocycles. The minimum atomic E-state index is 0.581. The van der Waals surface area contributed by atoms with E-state index >= 15 is 0 Å². The third-order valence-corrected chi connectivity index (χ3v) is 3.11. The molecule has 3 N–H and O–H groups in total. The van der Waals surface area contributed by atoms with E-state index in [0.29, 0.717) is 6.54 Å². The minimum absolute atomic E-state index is 0.581. The van der Waals surface area contributed by atoms with Crippen LogP contribution in [-0.2, 0) is 0 Å². The fourth-order valence-electron chi connectivity index (χ4n) is 1.45. The van der Waals surface area contributed by atoms with Gasteiger partial charge < -0.3 is 15.5 Å². The molecule has 2 aromatic rings. The van der Waals surface area contributed by atoms with Crippen molar-refractivity contribution in [3.8, 4) is 5.75 Å². The van der Waals surface area contributed by atoms with Crippen LogP contribution in [0.1, 0.15) is 0 Å². The fourth-order valence-corrected chi connectivity index (χ4v) is 2.19. The molecule has 17 heavy (non-hydrogen) atoms. The lowest BCUT2D eigenvalue weighted by atomic mass is 10.3. The van der Waals surface area contributed by atoms with Crippen LogP contribution >= 0.6 is 11.8 Å². The molecule has 0 fully saturated rings. The summed E-state index contributed by atoms with van der Waals surface area (Å²) in [6.07, 6.45) is 3.98. The van der Waals surface area contributed by atoms with Gasteiger partial charge in [-0.15, -0.1) is 0 Å². The number of nitrogens with zero attached hydrogens (tertiary/aromatic N) is 1. The third-order valence-electron chi connectivity index (χ3n) is 2.29. The molecule has 0 aliphatic carbocycles. The number of fused-ring (bicyclic) bond motifs is 1. The smallest absolute Gasteiger partial charge is 0.166 e. The molecular formula is C12H15N3OS. The number of ether oxygens (including phenoxy) is 1. The summed E-state index contributed by atoms with van der Waals surface area (Å²) in [5, 5.41) is 0.912. The molecule has 2 rings (SSSR count). The van der Waals surface area contributed by atoms with Gasteiger partial charge in [0.15, 0.2) is 5.16 Å². The second kappa shape index (κ2) is 5.75. The molecule has 0 bridgehead atoms. The number of thioether (sulfide) groups is 1. The molecule has 4 nitrogen and oxygen atoms in total. The SMILES string of the molecule is COc1ccc2nc(SCC=CCN)[nH]c2c1. The summed E-state index contributed by atoms with van der Waals surface area (Å²) in [5.74, 6) is 1.70. The maximum atomic E-state index is 5.37. The number of methoxy groups -OCH3 is 1. The molecule has 1 aromatic carbocycles. The van der Waals surface area contributed by atoms with Crippen LogP contribution in [0, 0.1) is 0 Å². The number of aromatic amines is 1. The number of imidazole rings is 1. The van der Waals surface area contributed by atoms with Gasteiger partial charge in [0.25, 0.3) is 0 Å². The number of hydrogen-bond donors (Lipinski definition) is 2. The Morgan fingerprint density at radius 1 is 1.47 bits per heavy atom. The van der Waals surface area contributed by atoms with Gasteiger partial charge >= 0.3 is 0 Å². The average Bonchev–Trinajstić information content (AvgIpc) is 2.76. The van der Waals surface area contributed by atoms with Gasteiger partial charge in [-0.1, -0.05) is 23.9 Å². The standard InChI is InChI=1S/C12H15N3OS/c1-16-9-4-5-10-11(8-9)15-12(14-10)17-7-3-2-6-13/h2-5,8H,6-7,13H2,1H3,(H,14,15). The van der Waals surface area contributed by atoms with Crippen LogP contribution in [0.15, 0.2) is 35.5 Å². The molecule has 1 aromatic heterocycles. The Kier molecular flexibility index (Phi) is 4.06. The van der Waals surface area contributed by atoms with E-state index in [1.54, 1.807) is 18.9 Å². The van der Waals surface area contributed by atoms with Gasteiger partial charge in [-0.05, 0) is 12.1 Å². The molecule has 0 aliphatic rings. The van der Waals surface area contributed by atoms with Crippen molar-refractivity contribution in [2.45, 2.75) is 5.16 Å². The van der Waals surface area contributed by atoms with Gasteiger partial charge in [-0.3, -0.25) is 0 Å². The van der Waals surface area contributed by atoms with Gasteiger partial charge in [-0.25, -0.2) is 4.98 Å². The minimum Gasteiger partial charge on any atom is -0.497 e. The molecule has 90 valence electrons. The van der Waals surface area contributed by atoms with Crippen LogP contribution in [-0.4, -0.2) is 29.4 Å². The van der Waals surface area contributed by atoms with Crippen molar-refractivity contribution in [1.82, 2.24) is 9.97 Å². The first-order valence-corrected chi connectivity index (χ1v) is 6.33. The third kappa shape index (κ3) is 3.01. The van der Waals surface area contributed by atoms with Crippen molar-refractivity contribution >= 4 is 22.8 Å². The van der Waals surface area contributed by atoms with Gasteiger partial charge in [0, 0.05) is 18.4 Å². The van der Waals surface area contributed by atoms with E-state index in [1.807, 2.05) is 30.4 Å². The van der Waals surface area contributed by atoms with Gasteiger partial charge in [0.05, 0.1) is 18.1 Å². The quantitative estimate of drug-likeness (QED) is 0.629. The normalized spacial score (nSPS) is 11.4. The van der Waals surface area contributed by atoms with Crippen molar-refractivity contribution in [3.63, 3.8) is 0 Å². The maximum absolute atomic E-state index is 5.37. The topological polar surface area (TPSA) is 63.9 Å². The zero-order valence-corrected chi connectivity index (χ0v) is 10.5. The predicted octanol–water partition coefficient (Wildman–Crippen LogP) is 2.18. The Hall–Kier alpha value is -1.46. The summed E-state index contributed by atoms with van der Waals surface area (Å²) < 4.78 is 5.16. The first-order valence-electron chi connectivity index (χ1n) is 5.35. The molecule has 0 radical (unpaired) electrons. The molecule has 1 heterocycles. The first kappa shape index (κ1) is 12.0. The molecule has 5 heteroatoms. The molecule has 0 atom stereocenters. The van der Waals surface area contributed by atoms with Crippen molar-refractivity contribution < 1.29 is 4.74 Å². The molecule has 0 unspecified atom stereocenters. The van der Waals surface area contributed by atoms with Crippen LogP contribution in [0.5, 0.6) is 5.75 Å². The first-order chi connectivity index (χ1) is 8.33. The Balaban J connectivity index is 2.11. The summed E-state index contributed by atoms with van der Waals surface area (Å²) in [6.45, 7) is 0.581. The number of aromatic nitrogens is 2. The highest BCUT2D eigenvalue weighted by Crippen LogP contribution is 2.22. The lowest BCUT2D eigenvalue weighted by Gasteiger charge is -1.96. The number of H-pyrrole nitrogens is 1. The van der Waals surface area contributed by atoms with Crippen molar-refractivity contribution in [3.05, 3.63) is 30.4 Å². The van der Waals surface area contributed by atoms with Gasteiger partial charge in [-0.2, -0.15) is 0 Å². The average molecular weight is 249 g/mol. The number of hydrogen-bond acceptors (Lipinski definition) is 4. The van der Waals surface area contributed by atoms with E-state index in [0.717, 1.165) is 27.7 Å². The zero-order chi connectivity index (χ0) is 12.1. The second-order valence-corrected chi connectivity index (χ2v) is 4.45. The number of nitrogens with one attached hydrogen (secondary N) is 1. The van der Waals surface area contributed by atoms with E-state index in [-0.39, 0.29) is 0 Å². The van der Waals surface area contributed by atoms with Gasteiger partial charge in [0.1, 0.15) is 5.75 Å². The highest BCUT2D eigenvalue weighted by atomic mass is 32.2. The summed E-state index contributed by atoms with van der Waals surface area (Å²) >= 11 is 1.65. The molecule has 0 saturated heterocycles. The van der Waals surface area contributed by atoms with Crippen molar-refractivity contribution in [2.75, 3.05) is 19.4 Å². The number of nitrogens with two attached hydrogens (primary N) is 1. The van der Waals surface area contributed by atoms with Crippen molar-refractivity contribution in [2.24, 2.45) is 5.73 Å². The van der Waals surface area contributed by atoms with Crippen LogP contribution < -0.4 is 10.5 Å². The van der Waals surface area contributed by atoms with E-state index in [2.05, 4.69) is 9.97 Å². The van der Waals surface area contributed by atoms with Crippen LogP contribution in [0.25, 0.3) is 11.0 Å². The number of benzene rings is 1. The second-order valence-electron chi connectivity index (χ2n) is 3.44. The highest BCUT2D eigenvalue weighted by molar-refractivity contribution is 7.99. The van der Waals surface area contributed by atoms with Crippen LogP contribution in [0.3, 0.4) is 0 Å². The molecule has 0 amide bonds. The largest absolute Gasteiger partial charge is 0.497 e. The van der Waals surface area contributed by atoms with Crippen molar-refractivity contribution in [1.29, 1.82) is 0 Å². The Bertz CT molecular complexity index is 521. The predicted molar refractivity (Wildman–Crippen MR) is 71.6 cm³/mol. The van der Waals surface area contributed by atoms with E-state index in [9.17, 15) is 0 Å². The lowest BCUT2D eigenvalue weighted by Crippen LogP contribution is -1.92. The van der Waals surface area contributed by atoms with E-state index < -0.39 is 0 Å². The van der Waals surface area contributed by atoms with Crippen LogP contribution in [0.2, 0.25) is 0 Å². The molecule has 0 spiro atoms. The molecular weight excluding hydrogens is 234 g/mol. The Labute approximate surface area is 104 Å². The number of rotatable bonds is 5. The monoisotopic (exact) mass is 249 g/mol. The van der Waals surface area contributed by atoms with Crippen LogP contribution in [0.4, 0.5) is 0 Å². The highest BCUT2D eigenvalue weighted by Gasteiger charge is 2.03. The Morgan fingerprint density at radius 2 is 2.35 bits per heavy atom. The Morgan fingerprint density at radius 3 is 3.12 bits per heavy atom. The lowest BCUT2D eigenvalue weighted by molar-refractivity contribution is 0.415. The summed E-state index contributed by atoms with van der Waals surface area (Å²) in [4.78, 5) is 7.73. The fraction of sp³-hybridized carbons (Fsp3) is 0.250. The summed E-state index contributed by atoms with van der Waals surface area (Å²) in [6, 6.07) is 5.80. The van der Waals surface area contributed by atoms with E-state index in [4.69, 9.17) is 10.5 Å². The summed E-state index contributed by atoms with van der Waals surface area (Å²) in [7, 11) is 1.66. The van der Waals surface area contributed by atoms with Gasteiger partial charge in [0.2, 0.25) is 0 Å². The van der Waals surface area contributed by atoms with E-state index in [1.165, 1.54) is 0 Å². The summed E-state index contributed by atoms with van der Waals surface area (Å²) in [5.41, 5.74) is 7.32. The molecule has 0 aliphatic heterocycles. The zero-order valence-electron chi connectivity index (χ0n) is 9.64. The maximum Gasteiger partial charge on any atom is 0.166 e.